The molecule has 3 nitrogen and oxygen atoms in total. The van der Waals surface area contributed by atoms with Crippen LogP contribution < -0.4 is 5.32 Å². The van der Waals surface area contributed by atoms with E-state index >= 15 is 0 Å². The van der Waals surface area contributed by atoms with Crippen molar-refractivity contribution in [2.75, 3.05) is 0 Å². The lowest BCUT2D eigenvalue weighted by atomic mass is 9.45. The van der Waals surface area contributed by atoms with Crippen molar-refractivity contribution in [3.8, 4) is 0 Å². The van der Waals surface area contributed by atoms with Crippen LogP contribution in [0.1, 0.15) is 59.8 Å². The van der Waals surface area contributed by atoms with Crippen molar-refractivity contribution in [1.29, 1.82) is 0 Å². The third kappa shape index (κ3) is 2.02. The smallest absolute Gasteiger partial charge is 0.243 e. The predicted molar refractivity (Wildman–Crippen MR) is 94.2 cm³/mol. The van der Waals surface area contributed by atoms with Crippen LogP contribution in [0.5, 0.6) is 0 Å². The molecule has 0 unspecified atom stereocenters. The van der Waals surface area contributed by atoms with Crippen LogP contribution in [0.2, 0.25) is 0 Å². The van der Waals surface area contributed by atoms with Crippen LogP contribution in [0.3, 0.4) is 0 Å². The maximum absolute atomic E-state index is 12.2. The van der Waals surface area contributed by atoms with Gasteiger partial charge < -0.3 is 5.32 Å². The van der Waals surface area contributed by atoms with Crippen LogP contribution in [0, 0.1) is 40.4 Å². The van der Waals surface area contributed by atoms with Gasteiger partial charge in [0.05, 0.1) is 0 Å². The average molecular weight is 329 g/mol. The van der Waals surface area contributed by atoms with Crippen molar-refractivity contribution >= 4 is 11.7 Å². The summed E-state index contributed by atoms with van der Waals surface area (Å²) < 4.78 is 0. The monoisotopic (exact) mass is 329 g/mol. The standard InChI is InChI=1S/C21H31NO2/c1-12-11-17-21(4,10-8-18(24)22-17)16-7-9-20(3)14(13(2)23)5-6-15(20)19(12)16/h8,10,12,14-17,19H,5-7,9,11H2,1-4H3,(H,22,24)/t12-,14+,15-,16-,17+,19-,20+,21+/m0/s1. The molecule has 8 atom stereocenters. The second-order valence-corrected chi connectivity index (χ2v) is 9.55. The number of Topliss-reactive ketones (excluding diaryl/α,β-unsaturated/α-hetero) is 1. The summed E-state index contributed by atoms with van der Waals surface area (Å²) in [6, 6.07) is 0.278. The minimum absolute atomic E-state index is 0.0706. The number of fused-ring (bicyclic) bond motifs is 5. The summed E-state index contributed by atoms with van der Waals surface area (Å²) in [7, 11) is 0. The molecule has 0 radical (unpaired) electrons. The highest BCUT2D eigenvalue weighted by atomic mass is 16.1. The second-order valence-electron chi connectivity index (χ2n) is 9.55. The summed E-state index contributed by atoms with van der Waals surface area (Å²) >= 11 is 0. The van der Waals surface area contributed by atoms with E-state index in [-0.39, 0.29) is 28.7 Å². The van der Waals surface area contributed by atoms with Gasteiger partial charge in [0.1, 0.15) is 5.78 Å². The number of rotatable bonds is 1. The highest BCUT2D eigenvalue weighted by Crippen LogP contribution is 2.66. The first-order valence-electron chi connectivity index (χ1n) is 9.77. The number of nitrogens with one attached hydrogen (secondary N) is 1. The third-order valence-corrected chi connectivity index (χ3v) is 8.55. The lowest BCUT2D eigenvalue weighted by Gasteiger charge is -2.60. The Morgan fingerprint density at radius 2 is 1.96 bits per heavy atom. The molecule has 4 aliphatic rings. The van der Waals surface area contributed by atoms with Crippen LogP contribution in [0.15, 0.2) is 12.2 Å². The molecular formula is C21H31NO2. The number of hydrogen-bond donors (Lipinski definition) is 1. The zero-order valence-corrected chi connectivity index (χ0v) is 15.5. The van der Waals surface area contributed by atoms with Crippen LogP contribution >= 0.6 is 0 Å². The minimum Gasteiger partial charge on any atom is -0.349 e. The Kier molecular flexibility index (Phi) is 3.54. The topological polar surface area (TPSA) is 46.2 Å². The van der Waals surface area contributed by atoms with E-state index in [9.17, 15) is 9.59 Å². The van der Waals surface area contributed by atoms with Gasteiger partial charge in [-0.05, 0) is 74.2 Å². The first-order chi connectivity index (χ1) is 11.3. The van der Waals surface area contributed by atoms with Crippen molar-refractivity contribution in [3.05, 3.63) is 12.2 Å². The summed E-state index contributed by atoms with van der Waals surface area (Å²) in [6.07, 6.45) is 9.69. The fraction of sp³-hybridized carbons (Fsp3) is 0.810. The molecule has 3 saturated carbocycles. The molecule has 132 valence electrons. The quantitative estimate of drug-likeness (QED) is 0.796. The summed E-state index contributed by atoms with van der Waals surface area (Å²) in [5, 5.41) is 3.24. The number of amides is 1. The molecule has 3 aliphatic carbocycles. The Bertz CT molecular complexity index is 611. The number of carbonyl (C=O) groups excluding carboxylic acids is 2. The maximum Gasteiger partial charge on any atom is 0.243 e. The van der Waals surface area contributed by atoms with Gasteiger partial charge in [-0.15, -0.1) is 0 Å². The highest BCUT2D eigenvalue weighted by molar-refractivity contribution is 5.89. The van der Waals surface area contributed by atoms with Gasteiger partial charge in [0, 0.05) is 17.4 Å². The maximum atomic E-state index is 12.2. The van der Waals surface area contributed by atoms with E-state index in [0.717, 1.165) is 12.8 Å². The van der Waals surface area contributed by atoms with Crippen molar-refractivity contribution in [3.63, 3.8) is 0 Å². The first kappa shape index (κ1) is 16.4. The van der Waals surface area contributed by atoms with Gasteiger partial charge in [-0.3, -0.25) is 9.59 Å². The normalized spacial score (nSPS) is 52.9. The van der Waals surface area contributed by atoms with Crippen molar-refractivity contribution in [1.82, 2.24) is 5.32 Å². The fourth-order valence-corrected chi connectivity index (χ4v) is 7.35. The average Bonchev–Trinajstić information content (AvgIpc) is 2.86. The lowest BCUT2D eigenvalue weighted by molar-refractivity contribution is -0.134. The van der Waals surface area contributed by atoms with Gasteiger partial charge in [-0.2, -0.15) is 0 Å². The molecule has 0 saturated heterocycles. The van der Waals surface area contributed by atoms with Gasteiger partial charge >= 0.3 is 0 Å². The molecule has 3 fully saturated rings. The fourth-order valence-electron chi connectivity index (χ4n) is 7.35. The summed E-state index contributed by atoms with van der Waals surface area (Å²) in [4.78, 5) is 24.1. The van der Waals surface area contributed by atoms with Crippen LogP contribution in [0.4, 0.5) is 0 Å². The summed E-state index contributed by atoms with van der Waals surface area (Å²) in [6.45, 7) is 8.93. The second kappa shape index (κ2) is 5.19. The molecule has 4 rings (SSSR count). The molecule has 1 heterocycles. The SMILES string of the molecule is CC(=O)[C@H]1CC[C@H]2[C@@H]3[C@@H](C)C[C@H]4NC(=O)C=C[C@]4(C)[C@H]3CC[C@]12C. The molecular weight excluding hydrogens is 298 g/mol. The van der Waals surface area contributed by atoms with E-state index in [2.05, 4.69) is 32.2 Å². The number of carbonyl (C=O) groups is 2. The van der Waals surface area contributed by atoms with E-state index in [1.165, 1.54) is 19.3 Å². The molecule has 0 aromatic rings. The molecule has 1 amide bonds. The van der Waals surface area contributed by atoms with E-state index in [1.54, 1.807) is 13.0 Å². The zero-order valence-electron chi connectivity index (χ0n) is 15.5. The third-order valence-electron chi connectivity index (χ3n) is 8.55. The molecule has 0 aromatic carbocycles. The Morgan fingerprint density at radius 1 is 1.21 bits per heavy atom. The molecule has 1 aliphatic heterocycles. The van der Waals surface area contributed by atoms with Crippen LogP contribution in [0.25, 0.3) is 0 Å². The Hall–Kier alpha value is -1.12. The van der Waals surface area contributed by atoms with Gasteiger partial charge in [0.15, 0.2) is 0 Å². The molecule has 0 aromatic heterocycles. The zero-order chi connectivity index (χ0) is 17.3. The highest BCUT2D eigenvalue weighted by Gasteiger charge is 2.61. The van der Waals surface area contributed by atoms with E-state index < -0.39 is 0 Å². The van der Waals surface area contributed by atoms with Gasteiger partial charge in [0.2, 0.25) is 5.91 Å². The molecule has 0 spiro atoms. The first-order valence-corrected chi connectivity index (χ1v) is 9.77. The minimum atomic E-state index is 0.0706. The van der Waals surface area contributed by atoms with Gasteiger partial charge in [-0.25, -0.2) is 0 Å². The van der Waals surface area contributed by atoms with Gasteiger partial charge in [-0.1, -0.05) is 26.8 Å². The van der Waals surface area contributed by atoms with E-state index in [1.807, 2.05) is 0 Å². The van der Waals surface area contributed by atoms with Crippen LogP contribution in [-0.4, -0.2) is 17.7 Å². The summed E-state index contributed by atoms with van der Waals surface area (Å²) in [5.41, 5.74) is 0.285. The Labute approximate surface area is 145 Å². The number of hydrogen-bond acceptors (Lipinski definition) is 2. The molecule has 1 N–H and O–H groups in total. The van der Waals surface area contributed by atoms with Gasteiger partial charge in [0.25, 0.3) is 0 Å². The van der Waals surface area contributed by atoms with Crippen molar-refractivity contribution in [2.45, 2.75) is 65.8 Å². The largest absolute Gasteiger partial charge is 0.349 e. The number of ketones is 1. The Morgan fingerprint density at radius 3 is 2.67 bits per heavy atom. The van der Waals surface area contributed by atoms with Crippen LogP contribution in [-0.2, 0) is 9.59 Å². The summed E-state index contributed by atoms with van der Waals surface area (Å²) in [5.74, 6) is 3.35. The Balaban J connectivity index is 1.71. The van der Waals surface area contributed by atoms with E-state index in [4.69, 9.17) is 0 Å². The van der Waals surface area contributed by atoms with Crippen molar-refractivity contribution in [2.24, 2.45) is 40.4 Å². The molecule has 0 bridgehead atoms. The lowest BCUT2D eigenvalue weighted by Crippen LogP contribution is -2.61. The van der Waals surface area contributed by atoms with E-state index in [0.29, 0.717) is 29.5 Å². The predicted octanol–water partition coefficient (Wildman–Crippen LogP) is 3.73. The molecule has 24 heavy (non-hydrogen) atoms. The molecule has 3 heteroatoms. The van der Waals surface area contributed by atoms with Crippen molar-refractivity contribution < 1.29 is 9.59 Å².